The van der Waals surface area contributed by atoms with Crippen LogP contribution in [0.5, 0.6) is 0 Å². The first-order valence-corrected chi connectivity index (χ1v) is 10.1. The van der Waals surface area contributed by atoms with Crippen molar-refractivity contribution in [2.24, 2.45) is 0 Å². The van der Waals surface area contributed by atoms with Gasteiger partial charge in [-0.3, -0.25) is 4.79 Å². The van der Waals surface area contributed by atoms with Gasteiger partial charge in [0.05, 0.1) is 5.75 Å². The van der Waals surface area contributed by atoms with Gasteiger partial charge in [-0.05, 0) is 42.3 Å². The van der Waals surface area contributed by atoms with Crippen molar-refractivity contribution in [1.82, 2.24) is 15.1 Å². The second kappa shape index (κ2) is 8.96. The number of halogens is 1. The van der Waals surface area contributed by atoms with Crippen LogP contribution in [-0.4, -0.2) is 33.8 Å². The molecule has 0 aliphatic rings. The number of hydrogen-bond acceptors (Lipinski definition) is 6. The standard InChI is InChI=1S/C19H19FN4OS2/c1-13-4-3-5-16(10-13)21-18-22-23-19(27-18)26-12-17(25)24(2)11-14-6-8-15(20)9-7-14/h3-10H,11-12H2,1-2H3,(H,21,22). The third-order valence-corrected chi connectivity index (χ3v) is 5.71. The molecule has 0 radical (unpaired) electrons. The van der Waals surface area contributed by atoms with Gasteiger partial charge in [0.2, 0.25) is 11.0 Å². The summed E-state index contributed by atoms with van der Waals surface area (Å²) in [5.74, 6) is -0.0288. The van der Waals surface area contributed by atoms with Crippen molar-refractivity contribution < 1.29 is 9.18 Å². The zero-order valence-electron chi connectivity index (χ0n) is 15.0. The zero-order chi connectivity index (χ0) is 19.2. The van der Waals surface area contributed by atoms with E-state index in [0.717, 1.165) is 21.2 Å². The number of hydrogen-bond donors (Lipinski definition) is 1. The first-order valence-electron chi connectivity index (χ1n) is 8.28. The Balaban J connectivity index is 1.50. The van der Waals surface area contributed by atoms with E-state index in [4.69, 9.17) is 0 Å². The Morgan fingerprint density at radius 1 is 1.22 bits per heavy atom. The van der Waals surface area contributed by atoms with Gasteiger partial charge in [0.25, 0.3) is 0 Å². The Labute approximate surface area is 165 Å². The molecule has 27 heavy (non-hydrogen) atoms. The number of nitrogens with one attached hydrogen (secondary N) is 1. The molecule has 140 valence electrons. The smallest absolute Gasteiger partial charge is 0.233 e. The van der Waals surface area contributed by atoms with Crippen molar-refractivity contribution in [2.45, 2.75) is 17.8 Å². The first kappa shape index (κ1) is 19.3. The summed E-state index contributed by atoms with van der Waals surface area (Å²) in [7, 11) is 1.73. The molecule has 8 heteroatoms. The maximum atomic E-state index is 12.9. The number of nitrogens with zero attached hydrogens (tertiary/aromatic N) is 3. The number of carbonyl (C=O) groups excluding carboxylic acids is 1. The molecule has 0 aliphatic carbocycles. The van der Waals surface area contributed by atoms with Crippen LogP contribution in [-0.2, 0) is 11.3 Å². The average molecular weight is 403 g/mol. The molecule has 1 heterocycles. The van der Waals surface area contributed by atoms with Gasteiger partial charge in [0.15, 0.2) is 4.34 Å². The summed E-state index contributed by atoms with van der Waals surface area (Å²) in [5.41, 5.74) is 3.00. The van der Waals surface area contributed by atoms with E-state index < -0.39 is 0 Å². The van der Waals surface area contributed by atoms with Crippen molar-refractivity contribution in [2.75, 3.05) is 18.1 Å². The van der Waals surface area contributed by atoms with Gasteiger partial charge < -0.3 is 10.2 Å². The number of anilines is 2. The maximum absolute atomic E-state index is 12.9. The van der Waals surface area contributed by atoms with Crippen molar-refractivity contribution in [3.05, 3.63) is 65.5 Å². The van der Waals surface area contributed by atoms with E-state index in [0.29, 0.717) is 11.7 Å². The largest absolute Gasteiger partial charge is 0.341 e. The molecule has 0 atom stereocenters. The quantitative estimate of drug-likeness (QED) is 0.591. The Morgan fingerprint density at radius 2 is 2.00 bits per heavy atom. The fourth-order valence-corrected chi connectivity index (χ4v) is 4.06. The van der Waals surface area contributed by atoms with E-state index in [1.165, 1.54) is 35.2 Å². The summed E-state index contributed by atoms with van der Waals surface area (Å²) < 4.78 is 13.7. The lowest BCUT2D eigenvalue weighted by Gasteiger charge is -2.16. The molecule has 0 aliphatic heterocycles. The lowest BCUT2D eigenvalue weighted by molar-refractivity contribution is -0.127. The van der Waals surface area contributed by atoms with E-state index in [2.05, 4.69) is 15.5 Å². The minimum absolute atomic E-state index is 0.0206. The SMILES string of the molecule is Cc1cccc(Nc2nnc(SCC(=O)N(C)Cc3ccc(F)cc3)s2)c1. The monoisotopic (exact) mass is 402 g/mol. The molecule has 1 aromatic heterocycles. The maximum Gasteiger partial charge on any atom is 0.233 e. The molecule has 5 nitrogen and oxygen atoms in total. The Bertz CT molecular complexity index is 914. The lowest BCUT2D eigenvalue weighted by Crippen LogP contribution is -2.27. The number of thioether (sulfide) groups is 1. The van der Waals surface area contributed by atoms with Crippen LogP contribution in [0.3, 0.4) is 0 Å². The highest BCUT2D eigenvalue weighted by Crippen LogP contribution is 2.28. The normalized spacial score (nSPS) is 10.6. The summed E-state index contributed by atoms with van der Waals surface area (Å²) in [6.07, 6.45) is 0. The Kier molecular flexibility index (Phi) is 6.41. The third-order valence-electron chi connectivity index (χ3n) is 3.75. The summed E-state index contributed by atoms with van der Waals surface area (Å²) in [5, 5.41) is 12.1. The Hall–Kier alpha value is -2.45. The number of aryl methyl sites for hydroxylation is 1. The van der Waals surface area contributed by atoms with Crippen molar-refractivity contribution in [3.8, 4) is 0 Å². The van der Waals surface area contributed by atoms with Crippen LogP contribution in [0, 0.1) is 12.7 Å². The summed E-state index contributed by atoms with van der Waals surface area (Å²) >= 11 is 2.77. The van der Waals surface area contributed by atoms with Gasteiger partial charge in [-0.25, -0.2) is 4.39 Å². The lowest BCUT2D eigenvalue weighted by atomic mass is 10.2. The number of rotatable bonds is 7. The first-order chi connectivity index (χ1) is 13.0. The molecule has 0 saturated heterocycles. The van der Waals surface area contributed by atoms with Crippen molar-refractivity contribution in [3.63, 3.8) is 0 Å². The van der Waals surface area contributed by atoms with Crippen LogP contribution >= 0.6 is 23.1 Å². The summed E-state index contributed by atoms with van der Waals surface area (Å²) in [6, 6.07) is 14.2. The summed E-state index contributed by atoms with van der Waals surface area (Å²) in [4.78, 5) is 13.9. The van der Waals surface area contributed by atoms with E-state index in [1.807, 2.05) is 31.2 Å². The molecule has 0 spiro atoms. The van der Waals surface area contributed by atoms with Gasteiger partial charge in [0, 0.05) is 19.3 Å². The van der Waals surface area contributed by atoms with E-state index in [9.17, 15) is 9.18 Å². The predicted molar refractivity (Wildman–Crippen MR) is 108 cm³/mol. The fourth-order valence-electron chi connectivity index (χ4n) is 2.35. The molecule has 0 unspecified atom stereocenters. The van der Waals surface area contributed by atoms with Crippen LogP contribution in [0.1, 0.15) is 11.1 Å². The predicted octanol–water partition coefficient (Wildman–Crippen LogP) is 4.48. The van der Waals surface area contributed by atoms with Gasteiger partial charge in [0.1, 0.15) is 5.82 Å². The third kappa shape index (κ3) is 5.77. The van der Waals surface area contributed by atoms with Crippen LogP contribution in [0.25, 0.3) is 0 Å². The van der Waals surface area contributed by atoms with Crippen LogP contribution in [0.4, 0.5) is 15.2 Å². The van der Waals surface area contributed by atoms with E-state index >= 15 is 0 Å². The zero-order valence-corrected chi connectivity index (χ0v) is 16.6. The average Bonchev–Trinajstić information content (AvgIpc) is 3.09. The molecule has 1 amide bonds. The molecule has 3 rings (SSSR count). The van der Waals surface area contributed by atoms with Crippen molar-refractivity contribution in [1.29, 1.82) is 0 Å². The van der Waals surface area contributed by atoms with Gasteiger partial charge in [-0.2, -0.15) is 0 Å². The number of aromatic nitrogens is 2. The van der Waals surface area contributed by atoms with Crippen LogP contribution in [0.2, 0.25) is 0 Å². The topological polar surface area (TPSA) is 58.1 Å². The van der Waals surface area contributed by atoms with Gasteiger partial charge in [-0.1, -0.05) is 47.4 Å². The van der Waals surface area contributed by atoms with Crippen LogP contribution in [0.15, 0.2) is 52.9 Å². The highest BCUT2D eigenvalue weighted by atomic mass is 32.2. The molecule has 0 bridgehead atoms. The molecule has 1 N–H and O–H groups in total. The molecule has 0 fully saturated rings. The molecular weight excluding hydrogens is 383 g/mol. The highest BCUT2D eigenvalue weighted by Gasteiger charge is 2.12. The van der Waals surface area contributed by atoms with Gasteiger partial charge in [-0.15, -0.1) is 10.2 Å². The highest BCUT2D eigenvalue weighted by molar-refractivity contribution is 8.01. The second-order valence-corrected chi connectivity index (χ2v) is 8.23. The van der Waals surface area contributed by atoms with E-state index in [1.54, 1.807) is 24.1 Å². The Morgan fingerprint density at radius 3 is 2.74 bits per heavy atom. The number of carbonyl (C=O) groups is 1. The minimum Gasteiger partial charge on any atom is -0.341 e. The number of amides is 1. The second-order valence-electron chi connectivity index (χ2n) is 6.03. The number of benzene rings is 2. The fraction of sp³-hybridized carbons (Fsp3) is 0.211. The van der Waals surface area contributed by atoms with Crippen LogP contribution < -0.4 is 5.32 Å². The molecular formula is C19H19FN4OS2. The van der Waals surface area contributed by atoms with Crippen molar-refractivity contribution >= 4 is 39.8 Å². The van der Waals surface area contributed by atoms with Gasteiger partial charge >= 0.3 is 0 Å². The molecule has 3 aromatic rings. The summed E-state index contributed by atoms with van der Waals surface area (Å²) in [6.45, 7) is 2.47. The van der Waals surface area contributed by atoms with E-state index in [-0.39, 0.29) is 17.5 Å². The minimum atomic E-state index is -0.283. The molecule has 0 saturated carbocycles. The molecule has 2 aromatic carbocycles.